The zero-order valence-corrected chi connectivity index (χ0v) is 18.9. The zero-order chi connectivity index (χ0) is 25.8. The minimum atomic E-state index is -4.83. The molecule has 0 aliphatic carbocycles. The van der Waals surface area contributed by atoms with Crippen LogP contribution in [0.1, 0.15) is 52.7 Å². The fourth-order valence-corrected chi connectivity index (χ4v) is 2.30. The molecule has 0 saturated carbocycles. The van der Waals surface area contributed by atoms with Crippen LogP contribution < -0.4 is 10.7 Å². The molecule has 0 saturated heterocycles. The van der Waals surface area contributed by atoms with Crippen LogP contribution in [0.2, 0.25) is 0 Å². The number of nitro groups is 1. The third-order valence-electron chi connectivity index (χ3n) is 3.36. The lowest BCUT2D eigenvalue weighted by Gasteiger charge is -2.29. The molecular formula is C19H26F3N5O6. The van der Waals surface area contributed by atoms with Gasteiger partial charge in [0.15, 0.2) is 5.03 Å². The van der Waals surface area contributed by atoms with E-state index in [-0.39, 0.29) is 11.3 Å². The fraction of sp³-hybridized carbons (Fsp3) is 0.526. The second-order valence-electron chi connectivity index (χ2n) is 8.83. The summed E-state index contributed by atoms with van der Waals surface area (Å²) in [5.74, 6) is -0.901. The van der Waals surface area contributed by atoms with E-state index in [0.717, 1.165) is 6.07 Å². The lowest BCUT2D eigenvalue weighted by atomic mass is 10.1. The number of amides is 2. The molecular weight excluding hydrogens is 451 g/mol. The second-order valence-corrected chi connectivity index (χ2v) is 8.83. The molecule has 3 N–H and O–H groups in total. The molecule has 0 bridgehead atoms. The van der Waals surface area contributed by atoms with E-state index in [1.54, 1.807) is 41.5 Å². The summed E-state index contributed by atoms with van der Waals surface area (Å²) in [5, 5.41) is 18.9. The highest BCUT2D eigenvalue weighted by atomic mass is 19.4. The molecule has 33 heavy (non-hydrogen) atoms. The number of halogens is 3. The Balaban J connectivity index is 3.39. The number of ether oxygens (including phenoxy) is 2. The number of carbonyl (C=O) groups excluding carboxylic acids is 2. The number of hydrazine groups is 1. The molecule has 0 aliphatic heterocycles. The number of anilines is 1. The average molecular weight is 477 g/mol. The van der Waals surface area contributed by atoms with Gasteiger partial charge in [-0.1, -0.05) is 5.43 Å². The molecule has 1 aromatic carbocycles. The van der Waals surface area contributed by atoms with E-state index in [4.69, 9.17) is 14.9 Å². The molecule has 1 rings (SSSR count). The third-order valence-corrected chi connectivity index (χ3v) is 3.36. The molecule has 0 unspecified atom stereocenters. The number of guanidine groups is 1. The van der Waals surface area contributed by atoms with Crippen molar-refractivity contribution in [2.24, 2.45) is 0 Å². The van der Waals surface area contributed by atoms with Gasteiger partial charge < -0.3 is 14.8 Å². The van der Waals surface area contributed by atoms with E-state index in [0.29, 0.717) is 17.0 Å². The van der Waals surface area contributed by atoms with Crippen molar-refractivity contribution in [1.29, 1.82) is 5.41 Å². The van der Waals surface area contributed by atoms with Crippen molar-refractivity contribution in [3.63, 3.8) is 0 Å². The predicted octanol–water partition coefficient (Wildman–Crippen LogP) is 4.51. The van der Waals surface area contributed by atoms with Crippen LogP contribution >= 0.6 is 0 Å². The van der Waals surface area contributed by atoms with Gasteiger partial charge >= 0.3 is 18.4 Å². The van der Waals surface area contributed by atoms with E-state index in [1.807, 2.05) is 0 Å². The van der Waals surface area contributed by atoms with Gasteiger partial charge in [0.05, 0.1) is 12.1 Å². The van der Waals surface area contributed by atoms with E-state index >= 15 is 0 Å². The Morgan fingerprint density at radius 1 is 1.03 bits per heavy atom. The van der Waals surface area contributed by atoms with Crippen LogP contribution in [0.15, 0.2) is 18.2 Å². The first-order valence-corrected chi connectivity index (χ1v) is 9.48. The van der Waals surface area contributed by atoms with Crippen molar-refractivity contribution >= 4 is 23.8 Å². The van der Waals surface area contributed by atoms with E-state index in [1.165, 1.54) is 5.43 Å². The van der Waals surface area contributed by atoms with Gasteiger partial charge in [0.2, 0.25) is 0 Å². The SMILES string of the molecule is CC(C)(C)OC(=O)N(Cc1cc(NC(=N)N[N+](=O)[O-])cc(C(F)(F)F)c1)C(=O)OC(C)(C)C. The number of hydrogen-bond donors (Lipinski definition) is 3. The Bertz CT molecular complexity index is 894. The Kier molecular flexibility index (Phi) is 8.25. The Morgan fingerprint density at radius 2 is 1.52 bits per heavy atom. The highest BCUT2D eigenvalue weighted by Crippen LogP contribution is 2.32. The number of rotatable bonds is 4. The lowest BCUT2D eigenvalue weighted by molar-refractivity contribution is -0.525. The minimum Gasteiger partial charge on any atom is -0.443 e. The number of alkyl halides is 3. The molecule has 0 heterocycles. The smallest absolute Gasteiger partial charge is 0.420 e. The molecule has 0 fully saturated rings. The number of nitrogens with zero attached hydrogens (tertiary/aromatic N) is 2. The Hall–Kier alpha value is -3.58. The minimum absolute atomic E-state index is 0.182. The van der Waals surface area contributed by atoms with Gasteiger partial charge in [0.25, 0.3) is 5.96 Å². The maximum absolute atomic E-state index is 13.4. The molecule has 0 spiro atoms. The highest BCUT2D eigenvalue weighted by molar-refractivity contribution is 5.91. The van der Waals surface area contributed by atoms with Crippen LogP contribution in [0, 0.1) is 15.5 Å². The van der Waals surface area contributed by atoms with Gasteiger partial charge in [-0.2, -0.15) is 13.2 Å². The van der Waals surface area contributed by atoms with Crippen LogP contribution in [0.4, 0.5) is 28.4 Å². The van der Waals surface area contributed by atoms with Crippen molar-refractivity contribution < 1.29 is 37.3 Å². The van der Waals surface area contributed by atoms with Crippen molar-refractivity contribution in [3.8, 4) is 0 Å². The maximum Gasteiger partial charge on any atom is 0.420 e. The van der Waals surface area contributed by atoms with E-state index < -0.39 is 52.7 Å². The summed E-state index contributed by atoms with van der Waals surface area (Å²) in [6.07, 6.45) is -7.12. The molecule has 0 aromatic heterocycles. The summed E-state index contributed by atoms with van der Waals surface area (Å²) in [6, 6.07) is 2.40. The molecule has 1 aromatic rings. The Morgan fingerprint density at radius 3 is 1.91 bits per heavy atom. The molecule has 0 atom stereocenters. The molecule has 0 aliphatic rings. The summed E-state index contributed by atoms with van der Waals surface area (Å²) < 4.78 is 50.5. The summed E-state index contributed by atoms with van der Waals surface area (Å²) in [5.41, 5.74) is -2.27. The topological polar surface area (TPSA) is 147 Å². The number of hydrogen-bond acceptors (Lipinski definition) is 7. The monoisotopic (exact) mass is 477 g/mol. The first-order valence-electron chi connectivity index (χ1n) is 9.48. The second kappa shape index (κ2) is 9.92. The van der Waals surface area contributed by atoms with E-state index in [9.17, 15) is 32.9 Å². The molecule has 2 amide bonds. The predicted molar refractivity (Wildman–Crippen MR) is 111 cm³/mol. The van der Waals surface area contributed by atoms with Gasteiger partial charge in [-0.05, 0) is 65.3 Å². The molecule has 0 radical (unpaired) electrons. The Labute approximate surface area is 187 Å². The number of carbonyl (C=O) groups is 2. The van der Waals surface area contributed by atoms with Crippen LogP contribution in [0.5, 0.6) is 0 Å². The highest BCUT2D eigenvalue weighted by Gasteiger charge is 2.34. The maximum atomic E-state index is 13.4. The summed E-state index contributed by atoms with van der Waals surface area (Å²) >= 11 is 0. The van der Waals surface area contributed by atoms with E-state index in [2.05, 4.69) is 5.32 Å². The zero-order valence-electron chi connectivity index (χ0n) is 18.9. The first-order chi connectivity index (χ1) is 14.8. The lowest BCUT2D eigenvalue weighted by Crippen LogP contribution is -2.43. The average Bonchev–Trinajstić information content (AvgIpc) is 2.54. The van der Waals surface area contributed by atoms with Crippen molar-refractivity contribution in [2.45, 2.75) is 65.5 Å². The van der Waals surface area contributed by atoms with Crippen molar-refractivity contribution in [2.75, 3.05) is 5.32 Å². The normalized spacial score (nSPS) is 11.9. The van der Waals surface area contributed by atoms with Gasteiger partial charge in [0, 0.05) is 5.69 Å². The van der Waals surface area contributed by atoms with Gasteiger partial charge in [-0.3, -0.25) is 5.41 Å². The fourth-order valence-electron chi connectivity index (χ4n) is 2.30. The van der Waals surface area contributed by atoms with Gasteiger partial charge in [-0.25, -0.2) is 24.6 Å². The summed E-state index contributed by atoms with van der Waals surface area (Å²) in [7, 11) is 0. The number of benzene rings is 1. The van der Waals surface area contributed by atoms with Gasteiger partial charge in [-0.15, -0.1) is 0 Å². The van der Waals surface area contributed by atoms with Crippen LogP contribution in [-0.4, -0.2) is 39.3 Å². The summed E-state index contributed by atoms with van der Waals surface area (Å²) in [4.78, 5) is 36.1. The van der Waals surface area contributed by atoms with Crippen LogP contribution in [0.3, 0.4) is 0 Å². The quantitative estimate of drug-likeness (QED) is 0.248. The molecule has 184 valence electrons. The number of nitrogens with one attached hydrogen (secondary N) is 3. The standard InChI is InChI=1S/C19H26F3N5O6/c1-17(2,3)32-15(28)26(16(29)33-18(4,5)6)10-11-7-12(19(20,21)22)9-13(8-11)24-14(23)25-27(30)31/h7-9H,10H2,1-6H3,(H3,23,24,25). The largest absolute Gasteiger partial charge is 0.443 e. The molecule has 11 nitrogen and oxygen atoms in total. The summed E-state index contributed by atoms with van der Waals surface area (Å²) in [6.45, 7) is 8.57. The number of imide groups is 1. The van der Waals surface area contributed by atoms with Gasteiger partial charge in [0.1, 0.15) is 11.2 Å². The molecule has 14 heteroatoms. The van der Waals surface area contributed by atoms with Crippen LogP contribution in [-0.2, 0) is 22.2 Å². The van der Waals surface area contributed by atoms with Crippen molar-refractivity contribution in [1.82, 2.24) is 10.3 Å². The van der Waals surface area contributed by atoms with Crippen molar-refractivity contribution in [3.05, 3.63) is 39.4 Å². The van der Waals surface area contributed by atoms with Crippen LogP contribution in [0.25, 0.3) is 0 Å². The first kappa shape index (κ1) is 27.5. The third kappa shape index (κ3) is 10.1.